The van der Waals surface area contributed by atoms with Crippen molar-refractivity contribution in [1.82, 2.24) is 10.6 Å². The molecule has 5 nitrogen and oxygen atoms in total. The predicted octanol–water partition coefficient (Wildman–Crippen LogP) is 1.76. The molecule has 9 heteroatoms. The molecule has 1 aromatic rings. The molecule has 0 aromatic heterocycles. The molecule has 22 heavy (non-hydrogen) atoms. The molecule has 0 aliphatic carbocycles. The third-order valence-electron chi connectivity index (χ3n) is 2.67. The summed E-state index contributed by atoms with van der Waals surface area (Å²) in [6, 6.07) is 3.31. The second-order valence-corrected chi connectivity index (χ2v) is 4.93. The van der Waals surface area contributed by atoms with E-state index in [-0.39, 0.29) is 23.7 Å². The Morgan fingerprint density at radius 1 is 1.41 bits per heavy atom. The Morgan fingerprint density at radius 3 is 2.68 bits per heavy atom. The molecule has 122 valence electrons. The maximum Gasteiger partial charge on any atom is 0.390 e. The summed E-state index contributed by atoms with van der Waals surface area (Å²) in [6.07, 6.45) is -4.87. The van der Waals surface area contributed by atoms with Gasteiger partial charge in [-0.3, -0.25) is 4.79 Å². The number of hydrogen-bond donors (Lipinski definition) is 3. The van der Waals surface area contributed by atoms with E-state index < -0.39 is 24.5 Å². The van der Waals surface area contributed by atoms with Crippen molar-refractivity contribution in [3.8, 4) is 0 Å². The molecule has 0 bridgehead atoms. The lowest BCUT2D eigenvalue weighted by Gasteiger charge is -2.15. The van der Waals surface area contributed by atoms with Gasteiger partial charge in [-0.1, -0.05) is 11.6 Å². The van der Waals surface area contributed by atoms with E-state index >= 15 is 0 Å². The largest absolute Gasteiger partial charge is 0.399 e. The number of carbonyl (C=O) groups is 2. The molecule has 4 N–H and O–H groups in total. The summed E-state index contributed by atoms with van der Waals surface area (Å²) in [4.78, 5) is 22.8. The van der Waals surface area contributed by atoms with E-state index in [0.717, 1.165) is 0 Å². The summed E-state index contributed by atoms with van der Waals surface area (Å²) in [7, 11) is 0. The number of amides is 1. The minimum atomic E-state index is -4.28. The van der Waals surface area contributed by atoms with Gasteiger partial charge in [0.15, 0.2) is 0 Å². The summed E-state index contributed by atoms with van der Waals surface area (Å²) in [5.74, 6) is -0.632. The lowest BCUT2D eigenvalue weighted by atomic mass is 10.1. The van der Waals surface area contributed by atoms with Crippen LogP contribution >= 0.6 is 11.6 Å². The third kappa shape index (κ3) is 6.31. The van der Waals surface area contributed by atoms with Gasteiger partial charge in [0.1, 0.15) is 6.29 Å². The Morgan fingerprint density at radius 2 is 2.09 bits per heavy atom. The van der Waals surface area contributed by atoms with Gasteiger partial charge in [-0.15, -0.1) is 0 Å². The highest BCUT2D eigenvalue weighted by Crippen LogP contribution is 2.19. The molecule has 1 aromatic carbocycles. The second-order valence-electron chi connectivity index (χ2n) is 4.52. The molecule has 1 amide bonds. The molecule has 0 saturated carbocycles. The molecule has 0 aliphatic heterocycles. The summed E-state index contributed by atoms with van der Waals surface area (Å²) < 4.78 is 35.9. The number of hydrogen-bond acceptors (Lipinski definition) is 4. The fraction of sp³-hybridized carbons (Fsp3) is 0.385. The fourth-order valence-corrected chi connectivity index (χ4v) is 1.79. The summed E-state index contributed by atoms with van der Waals surface area (Å²) in [5.41, 5.74) is 5.95. The van der Waals surface area contributed by atoms with Gasteiger partial charge in [-0.25, -0.2) is 0 Å². The van der Waals surface area contributed by atoms with Crippen LogP contribution in [0.4, 0.5) is 18.9 Å². The second kappa shape index (κ2) is 8.00. The Kier molecular flexibility index (Phi) is 6.63. The van der Waals surface area contributed by atoms with Crippen LogP contribution in [0.2, 0.25) is 5.02 Å². The topological polar surface area (TPSA) is 84.2 Å². The zero-order chi connectivity index (χ0) is 16.8. The number of nitrogens with one attached hydrogen (secondary N) is 2. The molecule has 1 unspecified atom stereocenters. The molecule has 0 spiro atoms. The summed E-state index contributed by atoms with van der Waals surface area (Å²) in [6.45, 7) is -0.464. The quantitative estimate of drug-likeness (QED) is 0.402. The monoisotopic (exact) mass is 337 g/mol. The van der Waals surface area contributed by atoms with E-state index in [1.165, 1.54) is 18.2 Å². The average Bonchev–Trinajstić information content (AvgIpc) is 2.43. The van der Waals surface area contributed by atoms with E-state index in [2.05, 4.69) is 10.6 Å². The lowest BCUT2D eigenvalue weighted by Crippen LogP contribution is -2.43. The normalized spacial score (nSPS) is 12.7. The van der Waals surface area contributed by atoms with Gasteiger partial charge < -0.3 is 21.2 Å². The van der Waals surface area contributed by atoms with Crippen LogP contribution in [0.3, 0.4) is 0 Å². The first-order valence-corrected chi connectivity index (χ1v) is 6.69. The van der Waals surface area contributed by atoms with Crippen LogP contribution in [-0.4, -0.2) is 37.5 Å². The van der Waals surface area contributed by atoms with Gasteiger partial charge in [0, 0.05) is 18.8 Å². The zero-order valence-electron chi connectivity index (χ0n) is 11.4. The molecule has 1 atom stereocenters. The maximum absolute atomic E-state index is 12.0. The highest BCUT2D eigenvalue weighted by Gasteiger charge is 2.26. The van der Waals surface area contributed by atoms with Crippen molar-refractivity contribution in [3.63, 3.8) is 0 Å². The predicted molar refractivity (Wildman–Crippen MR) is 76.7 cm³/mol. The first kappa shape index (κ1) is 18.2. The highest BCUT2D eigenvalue weighted by molar-refractivity contribution is 6.34. The number of carbonyl (C=O) groups excluding carboxylic acids is 2. The summed E-state index contributed by atoms with van der Waals surface area (Å²) in [5, 5.41) is 4.96. The average molecular weight is 338 g/mol. The van der Waals surface area contributed by atoms with Crippen molar-refractivity contribution < 1.29 is 22.8 Å². The number of nitrogen functional groups attached to an aromatic ring is 1. The number of nitrogens with two attached hydrogens (primary N) is 1. The molecule has 0 fully saturated rings. The smallest absolute Gasteiger partial charge is 0.390 e. The molecule has 1 rings (SSSR count). The van der Waals surface area contributed by atoms with E-state index in [0.29, 0.717) is 12.0 Å². The SMILES string of the molecule is Nc1ccc(Cl)c(C(=O)NC(C=O)CNCCC(F)(F)F)c1. The number of alkyl halides is 3. The minimum absolute atomic E-state index is 0.0869. The number of anilines is 1. The molecular formula is C13H15ClF3N3O2. The van der Waals surface area contributed by atoms with Crippen molar-refractivity contribution >= 4 is 29.5 Å². The number of halogens is 4. The van der Waals surface area contributed by atoms with Gasteiger partial charge in [0.05, 0.1) is 23.0 Å². The van der Waals surface area contributed by atoms with Gasteiger partial charge >= 0.3 is 6.18 Å². The Bertz CT molecular complexity index is 538. The Hall–Kier alpha value is -1.80. The van der Waals surface area contributed by atoms with Gasteiger partial charge in [0.25, 0.3) is 5.91 Å². The van der Waals surface area contributed by atoms with E-state index in [1.807, 2.05) is 0 Å². The van der Waals surface area contributed by atoms with Crippen LogP contribution < -0.4 is 16.4 Å². The molecule has 0 saturated heterocycles. The standard InChI is InChI=1S/C13H15ClF3N3O2/c14-11-2-1-8(18)5-10(11)12(22)20-9(7-21)6-19-4-3-13(15,16)17/h1-2,5,7,9,19H,3-4,6,18H2,(H,20,22). The maximum atomic E-state index is 12.0. The fourth-order valence-electron chi connectivity index (χ4n) is 1.58. The minimum Gasteiger partial charge on any atom is -0.399 e. The van der Waals surface area contributed by atoms with Gasteiger partial charge in [0.2, 0.25) is 0 Å². The van der Waals surface area contributed by atoms with Crippen LogP contribution in [0.5, 0.6) is 0 Å². The van der Waals surface area contributed by atoms with Crippen LogP contribution in [-0.2, 0) is 4.79 Å². The van der Waals surface area contributed by atoms with Crippen LogP contribution in [0.15, 0.2) is 18.2 Å². The third-order valence-corrected chi connectivity index (χ3v) is 2.99. The summed E-state index contributed by atoms with van der Waals surface area (Å²) >= 11 is 5.85. The first-order valence-electron chi connectivity index (χ1n) is 6.31. The number of rotatable bonds is 7. The lowest BCUT2D eigenvalue weighted by molar-refractivity contribution is -0.133. The molecule has 0 heterocycles. The first-order chi connectivity index (χ1) is 10.2. The highest BCUT2D eigenvalue weighted by atomic mass is 35.5. The van der Waals surface area contributed by atoms with Crippen molar-refractivity contribution in [2.45, 2.75) is 18.6 Å². The van der Waals surface area contributed by atoms with Crippen molar-refractivity contribution in [2.75, 3.05) is 18.8 Å². The van der Waals surface area contributed by atoms with Gasteiger partial charge in [-0.2, -0.15) is 13.2 Å². The van der Waals surface area contributed by atoms with Gasteiger partial charge in [-0.05, 0) is 18.2 Å². The zero-order valence-corrected chi connectivity index (χ0v) is 12.2. The number of benzene rings is 1. The Labute approximate surface area is 130 Å². The van der Waals surface area contributed by atoms with Crippen molar-refractivity contribution in [2.24, 2.45) is 0 Å². The molecular weight excluding hydrogens is 323 g/mol. The number of aldehydes is 1. The Balaban J connectivity index is 2.53. The van der Waals surface area contributed by atoms with E-state index in [9.17, 15) is 22.8 Å². The van der Waals surface area contributed by atoms with E-state index in [4.69, 9.17) is 17.3 Å². The van der Waals surface area contributed by atoms with Crippen LogP contribution in [0.25, 0.3) is 0 Å². The molecule has 0 aliphatic rings. The molecule has 0 radical (unpaired) electrons. The van der Waals surface area contributed by atoms with Crippen LogP contribution in [0.1, 0.15) is 16.8 Å². The van der Waals surface area contributed by atoms with Crippen molar-refractivity contribution in [3.05, 3.63) is 28.8 Å². The van der Waals surface area contributed by atoms with E-state index in [1.54, 1.807) is 0 Å². The van der Waals surface area contributed by atoms with Crippen LogP contribution in [0, 0.1) is 0 Å². The van der Waals surface area contributed by atoms with Crippen molar-refractivity contribution in [1.29, 1.82) is 0 Å².